The predicted molar refractivity (Wildman–Crippen MR) is 124 cm³/mol. The molecule has 0 radical (unpaired) electrons. The van der Waals surface area contributed by atoms with Crippen molar-refractivity contribution >= 4 is 211 Å². The Bertz CT molecular complexity index is 11.2. The van der Waals surface area contributed by atoms with Crippen LogP contribution in [0.5, 0.6) is 0 Å². The van der Waals surface area contributed by atoms with E-state index in [-0.39, 0.29) is 242 Å². The van der Waals surface area contributed by atoms with Crippen LogP contribution < -0.4 is 29.6 Å². The van der Waals surface area contributed by atoms with Crippen LogP contribution in [0.3, 0.4) is 0 Å². The van der Waals surface area contributed by atoms with E-state index < -0.39 is 0 Å². The predicted octanol–water partition coefficient (Wildman–Crippen LogP) is 4.29. The quantitative estimate of drug-likeness (QED) is 0.346. The van der Waals surface area contributed by atoms with Crippen LogP contribution in [0.15, 0.2) is 0 Å². The molecule has 0 unspecified atom stereocenters. The largest absolute Gasteiger partial charge is 1.00 e. The van der Waals surface area contributed by atoms with Crippen LogP contribution in [-0.2, 0) is 0 Å². The Kier molecular flexibility index (Phi) is 6230. The van der Waals surface area contributed by atoms with Crippen LogP contribution >= 0.6 is 211 Å². The van der Waals surface area contributed by atoms with Gasteiger partial charge in [0.25, 0.3) is 0 Å². The third-order valence-corrected chi connectivity index (χ3v) is 0. The molecule has 18 heteroatoms. The van der Waals surface area contributed by atoms with E-state index in [1.54, 1.807) is 0 Å². The monoisotopic (exact) mass is 636 g/mol. The van der Waals surface area contributed by atoms with Gasteiger partial charge in [0, 0.05) is 0 Å². The molecule has 0 atom stereocenters. The topological polar surface area (TPSA) is 0 Å². The normalized spacial score (nSPS) is 0. The van der Waals surface area contributed by atoms with Crippen molar-refractivity contribution < 1.29 is 31.0 Å². The van der Waals surface area contributed by atoms with E-state index >= 15 is 0 Å². The van der Waals surface area contributed by atoms with Gasteiger partial charge in [0.05, 0.1) is 0 Å². The average molecular weight is 644 g/mol. The summed E-state index contributed by atoms with van der Waals surface area (Å²) in [4.78, 5) is 0. The number of hydrogen-bond donors (Lipinski definition) is 0. The first-order valence-corrected chi connectivity index (χ1v) is 0. The van der Waals surface area contributed by atoms with Gasteiger partial charge in [-0.05, 0) is 0 Å². The number of halogens is 17. The molecule has 138 valence electrons. The van der Waals surface area contributed by atoms with Crippen LogP contribution in [0, 0.1) is 0 Å². The zero-order chi connectivity index (χ0) is 0. The van der Waals surface area contributed by atoms with E-state index in [2.05, 4.69) is 0 Å². The van der Waals surface area contributed by atoms with Gasteiger partial charge in [0.1, 0.15) is 0 Å². The third kappa shape index (κ3) is 273. The molecule has 0 rings (SSSR count). The fourth-order valence-electron chi connectivity index (χ4n) is 0. The molecule has 0 aromatic heterocycles. The molecule has 0 saturated carbocycles. The third-order valence-electron chi connectivity index (χ3n) is 0. The van der Waals surface area contributed by atoms with Gasteiger partial charge in [-0.1, -0.05) is 0 Å². The molecule has 0 bridgehead atoms. The van der Waals surface area contributed by atoms with Gasteiger partial charge >= 0.3 is 29.6 Å². The minimum atomic E-state index is 0. The number of hydrogen-bond acceptors (Lipinski definition) is 0. The van der Waals surface area contributed by atoms with Gasteiger partial charge in [-0.25, -0.2) is 0 Å². The molecule has 0 fully saturated rings. The first-order valence-electron chi connectivity index (χ1n) is 0. The molecule has 0 saturated heterocycles. The van der Waals surface area contributed by atoms with E-state index in [0.29, 0.717) is 0 Å². The second-order valence-corrected chi connectivity index (χ2v) is 0. The first kappa shape index (κ1) is 358. The minimum Gasteiger partial charge on any atom is -1.00 e. The molecule has 0 aromatic rings. The Labute approximate surface area is 238 Å². The molecule has 0 N–H and O–H groups in total. The summed E-state index contributed by atoms with van der Waals surface area (Å²) in [5.74, 6) is 0. The first-order chi connectivity index (χ1) is 0. The molecule has 0 heterocycles. The van der Waals surface area contributed by atoms with E-state index in [1.807, 2.05) is 0 Å². The molecule has 0 aromatic carbocycles. The van der Waals surface area contributed by atoms with Crippen molar-refractivity contribution in [3.63, 3.8) is 0 Å². The van der Waals surface area contributed by atoms with Gasteiger partial charge in [-0.3, -0.25) is 0 Å². The van der Waals surface area contributed by atoms with E-state index in [4.69, 9.17) is 0 Å². The summed E-state index contributed by atoms with van der Waals surface area (Å²) < 4.78 is 0. The SMILES string of the molecule is Cl.Cl.Cl.Cl.Cl.Cl.Cl.Cl.Cl.Cl.Cl.Cl.Cl.Cl.Cl.Cl.Cl.[H-].[Na+]. The van der Waals surface area contributed by atoms with Crippen molar-refractivity contribution in [1.82, 2.24) is 0 Å². The van der Waals surface area contributed by atoms with Crippen molar-refractivity contribution in [2.45, 2.75) is 0 Å². The maximum atomic E-state index is 0. The Balaban J connectivity index is 0. The molecule has 0 amide bonds. The molecular weight excluding hydrogens is 626 g/mol. The summed E-state index contributed by atoms with van der Waals surface area (Å²) in [6, 6.07) is 0. The van der Waals surface area contributed by atoms with E-state index in [9.17, 15) is 0 Å². The average Bonchev–Trinajstić information content (AvgIpc) is 0. The second-order valence-electron chi connectivity index (χ2n) is 0. The van der Waals surface area contributed by atoms with Crippen LogP contribution in [0.4, 0.5) is 0 Å². The molecular formula is H18Cl17Na. The summed E-state index contributed by atoms with van der Waals surface area (Å²) >= 11 is 0. The molecule has 0 aliphatic carbocycles. The summed E-state index contributed by atoms with van der Waals surface area (Å²) in [6.07, 6.45) is 0. The molecule has 18 heavy (non-hydrogen) atoms. The fraction of sp³-hybridized carbons (Fsp3) is 0. The number of rotatable bonds is 0. The second kappa shape index (κ2) is 314. The van der Waals surface area contributed by atoms with E-state index in [1.165, 1.54) is 0 Å². The van der Waals surface area contributed by atoms with Gasteiger partial charge in [-0.2, -0.15) is 0 Å². The summed E-state index contributed by atoms with van der Waals surface area (Å²) in [6.45, 7) is 0. The van der Waals surface area contributed by atoms with Crippen LogP contribution in [0.25, 0.3) is 0 Å². The smallest absolute Gasteiger partial charge is 1.00 e. The van der Waals surface area contributed by atoms with Crippen LogP contribution in [0.2, 0.25) is 0 Å². The maximum Gasteiger partial charge on any atom is 1.00 e. The van der Waals surface area contributed by atoms with Crippen LogP contribution in [0.1, 0.15) is 1.43 Å². The van der Waals surface area contributed by atoms with Crippen molar-refractivity contribution in [2.24, 2.45) is 0 Å². The Morgan fingerprint density at radius 2 is 0.167 bits per heavy atom. The molecule has 0 aliphatic heterocycles. The van der Waals surface area contributed by atoms with Crippen molar-refractivity contribution in [2.75, 3.05) is 0 Å². The fourth-order valence-corrected chi connectivity index (χ4v) is 0. The molecule has 0 nitrogen and oxygen atoms in total. The zero-order valence-corrected chi connectivity index (χ0v) is 23.8. The van der Waals surface area contributed by atoms with Crippen molar-refractivity contribution in [3.8, 4) is 0 Å². The van der Waals surface area contributed by atoms with Crippen molar-refractivity contribution in [3.05, 3.63) is 0 Å². The van der Waals surface area contributed by atoms with Gasteiger partial charge in [-0.15, -0.1) is 211 Å². The van der Waals surface area contributed by atoms with Gasteiger partial charge < -0.3 is 1.43 Å². The summed E-state index contributed by atoms with van der Waals surface area (Å²) in [5, 5.41) is 0. The Morgan fingerprint density at radius 1 is 0.167 bits per heavy atom. The maximum absolute atomic E-state index is 0. The van der Waals surface area contributed by atoms with Gasteiger partial charge in [0.15, 0.2) is 0 Å². The minimum absolute atomic E-state index is 0. The standard InChI is InChI=1S/17ClH.Na.H/h17*1H;;/q;;;;;;;;;;;;;;;;;+1;-1. The van der Waals surface area contributed by atoms with Crippen molar-refractivity contribution in [1.29, 1.82) is 0 Å². The Morgan fingerprint density at radius 3 is 0.167 bits per heavy atom. The molecule has 0 spiro atoms. The summed E-state index contributed by atoms with van der Waals surface area (Å²) in [7, 11) is 0. The summed E-state index contributed by atoms with van der Waals surface area (Å²) in [5.41, 5.74) is 0. The molecule has 0 aliphatic rings. The van der Waals surface area contributed by atoms with Crippen LogP contribution in [-0.4, -0.2) is 0 Å². The van der Waals surface area contributed by atoms with Gasteiger partial charge in [0.2, 0.25) is 0 Å². The van der Waals surface area contributed by atoms with E-state index in [0.717, 1.165) is 0 Å². The Hall–Kier alpha value is 5.93. The zero-order valence-electron chi connectivity index (χ0n) is 8.94.